The van der Waals surface area contributed by atoms with Gasteiger partial charge in [0.1, 0.15) is 11.8 Å². The fraction of sp³-hybridized carbons (Fsp3) is 0.240. The molecule has 3 aromatic rings. The van der Waals surface area contributed by atoms with Gasteiger partial charge >= 0.3 is 0 Å². The van der Waals surface area contributed by atoms with Crippen LogP contribution in [0.15, 0.2) is 79.0 Å². The molecule has 0 aliphatic rings. The van der Waals surface area contributed by atoms with E-state index in [1.807, 2.05) is 72.8 Å². The lowest BCUT2D eigenvalue weighted by Gasteiger charge is -2.29. The molecule has 6 nitrogen and oxygen atoms in total. The van der Waals surface area contributed by atoms with Gasteiger partial charge in [-0.2, -0.15) is 0 Å². The van der Waals surface area contributed by atoms with Crippen LogP contribution in [0.4, 0.5) is 0 Å². The summed E-state index contributed by atoms with van der Waals surface area (Å²) in [6.45, 7) is 2.39. The quantitative estimate of drug-likeness (QED) is 0.580. The predicted molar refractivity (Wildman–Crippen MR) is 119 cm³/mol. The number of nitrogens with zero attached hydrogens (tertiary/aromatic N) is 2. The third-order valence-corrected chi connectivity index (χ3v) is 5.05. The van der Waals surface area contributed by atoms with Crippen LogP contribution >= 0.6 is 0 Å². The van der Waals surface area contributed by atoms with Gasteiger partial charge in [0.2, 0.25) is 11.8 Å². The molecule has 0 saturated carbocycles. The van der Waals surface area contributed by atoms with E-state index < -0.39 is 6.04 Å². The molecule has 2 aromatic carbocycles. The third-order valence-electron chi connectivity index (χ3n) is 5.05. The van der Waals surface area contributed by atoms with Gasteiger partial charge in [-0.1, -0.05) is 48.5 Å². The first-order chi connectivity index (χ1) is 15.1. The lowest BCUT2D eigenvalue weighted by atomic mass is 10.1. The molecule has 1 atom stereocenters. The van der Waals surface area contributed by atoms with E-state index in [2.05, 4.69) is 10.3 Å². The van der Waals surface area contributed by atoms with E-state index in [-0.39, 0.29) is 18.2 Å². The molecule has 3 rings (SSSR count). The minimum atomic E-state index is -0.637. The van der Waals surface area contributed by atoms with Crippen molar-refractivity contribution in [3.05, 3.63) is 95.8 Å². The SMILES string of the molecule is COc1ccc(CN(C(=O)Cc2ccccc2)[C@@H](C)C(=O)NCc2ccccn2)cc1. The Bertz CT molecular complexity index is 976. The number of carbonyl (C=O) groups is 2. The Hall–Kier alpha value is -3.67. The van der Waals surface area contributed by atoms with Gasteiger partial charge in [0.15, 0.2) is 0 Å². The molecule has 0 bridgehead atoms. The second-order valence-electron chi connectivity index (χ2n) is 7.25. The van der Waals surface area contributed by atoms with Gasteiger partial charge in [-0.05, 0) is 42.3 Å². The number of carbonyl (C=O) groups excluding carboxylic acids is 2. The van der Waals surface area contributed by atoms with Gasteiger partial charge in [0, 0.05) is 12.7 Å². The highest BCUT2D eigenvalue weighted by Gasteiger charge is 2.26. The highest BCUT2D eigenvalue weighted by Crippen LogP contribution is 2.16. The maximum absolute atomic E-state index is 13.2. The van der Waals surface area contributed by atoms with Crippen LogP contribution in [0.5, 0.6) is 5.75 Å². The predicted octanol–water partition coefficient (Wildman–Crippen LogP) is 3.37. The number of aromatic nitrogens is 1. The minimum Gasteiger partial charge on any atom is -0.497 e. The summed E-state index contributed by atoms with van der Waals surface area (Å²) in [4.78, 5) is 31.9. The molecule has 2 amide bonds. The fourth-order valence-corrected chi connectivity index (χ4v) is 3.21. The number of ether oxygens (including phenoxy) is 1. The van der Waals surface area contributed by atoms with E-state index in [1.54, 1.807) is 25.1 Å². The maximum atomic E-state index is 13.2. The second-order valence-corrected chi connectivity index (χ2v) is 7.25. The van der Waals surface area contributed by atoms with Crippen LogP contribution in [0, 0.1) is 0 Å². The highest BCUT2D eigenvalue weighted by atomic mass is 16.5. The molecule has 6 heteroatoms. The normalized spacial score (nSPS) is 11.4. The first-order valence-electron chi connectivity index (χ1n) is 10.2. The number of benzene rings is 2. The number of amides is 2. The maximum Gasteiger partial charge on any atom is 0.242 e. The van der Waals surface area contributed by atoms with E-state index in [4.69, 9.17) is 4.74 Å². The topological polar surface area (TPSA) is 71.5 Å². The van der Waals surface area contributed by atoms with Crippen LogP contribution in [-0.2, 0) is 29.1 Å². The van der Waals surface area contributed by atoms with Gasteiger partial charge in [0.25, 0.3) is 0 Å². The summed E-state index contributed by atoms with van der Waals surface area (Å²) >= 11 is 0. The molecule has 1 N–H and O–H groups in total. The molecule has 0 radical (unpaired) electrons. The zero-order valence-electron chi connectivity index (χ0n) is 17.8. The number of rotatable bonds is 9. The first kappa shape index (κ1) is 22.0. The Labute approximate surface area is 182 Å². The van der Waals surface area contributed by atoms with Crippen molar-refractivity contribution in [2.24, 2.45) is 0 Å². The van der Waals surface area contributed by atoms with E-state index in [0.717, 1.165) is 22.6 Å². The summed E-state index contributed by atoms with van der Waals surface area (Å²) in [6.07, 6.45) is 1.92. The largest absolute Gasteiger partial charge is 0.497 e. The molecular formula is C25H27N3O3. The number of nitrogens with one attached hydrogen (secondary N) is 1. The molecule has 160 valence electrons. The lowest BCUT2D eigenvalue weighted by molar-refractivity contribution is -0.140. The Kier molecular flexibility index (Phi) is 7.76. The fourth-order valence-electron chi connectivity index (χ4n) is 3.21. The second kappa shape index (κ2) is 10.9. The summed E-state index contributed by atoms with van der Waals surface area (Å²) in [5.74, 6) is 0.412. The number of methoxy groups -OCH3 is 1. The summed E-state index contributed by atoms with van der Waals surface area (Å²) in [7, 11) is 1.61. The molecule has 31 heavy (non-hydrogen) atoms. The molecule has 0 spiro atoms. The van der Waals surface area contributed by atoms with Gasteiger partial charge < -0.3 is 15.0 Å². The monoisotopic (exact) mass is 417 g/mol. The number of hydrogen-bond donors (Lipinski definition) is 1. The first-order valence-corrected chi connectivity index (χ1v) is 10.2. The van der Waals surface area contributed by atoms with Crippen LogP contribution < -0.4 is 10.1 Å². The zero-order valence-corrected chi connectivity index (χ0v) is 17.8. The van der Waals surface area contributed by atoms with Crippen molar-refractivity contribution in [1.82, 2.24) is 15.2 Å². The van der Waals surface area contributed by atoms with Crippen molar-refractivity contribution in [3.63, 3.8) is 0 Å². The Balaban J connectivity index is 1.73. The zero-order chi connectivity index (χ0) is 22.1. The lowest BCUT2D eigenvalue weighted by Crippen LogP contribution is -2.48. The molecule has 0 fully saturated rings. The Morgan fingerprint density at radius 3 is 2.32 bits per heavy atom. The molecule has 0 aliphatic heterocycles. The van der Waals surface area contributed by atoms with E-state index in [1.165, 1.54) is 0 Å². The minimum absolute atomic E-state index is 0.109. The Morgan fingerprint density at radius 1 is 0.968 bits per heavy atom. The molecular weight excluding hydrogens is 390 g/mol. The van der Waals surface area contributed by atoms with Crippen LogP contribution in [0.2, 0.25) is 0 Å². The summed E-state index contributed by atoms with van der Waals surface area (Å²) < 4.78 is 5.21. The molecule has 0 saturated heterocycles. The summed E-state index contributed by atoms with van der Waals surface area (Å²) in [5.41, 5.74) is 2.60. The van der Waals surface area contributed by atoms with E-state index in [9.17, 15) is 9.59 Å². The van der Waals surface area contributed by atoms with E-state index in [0.29, 0.717) is 13.1 Å². The third kappa shape index (κ3) is 6.40. The number of pyridine rings is 1. The van der Waals surface area contributed by atoms with Crippen molar-refractivity contribution in [2.45, 2.75) is 32.5 Å². The van der Waals surface area contributed by atoms with Crippen molar-refractivity contribution < 1.29 is 14.3 Å². The molecule has 0 unspecified atom stereocenters. The van der Waals surface area contributed by atoms with Crippen LogP contribution in [0.25, 0.3) is 0 Å². The molecule has 0 aliphatic carbocycles. The number of hydrogen-bond acceptors (Lipinski definition) is 4. The van der Waals surface area contributed by atoms with Gasteiger partial charge in [-0.15, -0.1) is 0 Å². The van der Waals surface area contributed by atoms with Crippen molar-refractivity contribution >= 4 is 11.8 Å². The van der Waals surface area contributed by atoms with Gasteiger partial charge in [0.05, 0.1) is 25.8 Å². The van der Waals surface area contributed by atoms with Crippen molar-refractivity contribution in [3.8, 4) is 5.75 Å². The average molecular weight is 418 g/mol. The van der Waals surface area contributed by atoms with Gasteiger partial charge in [-0.25, -0.2) is 0 Å². The summed E-state index contributed by atoms with van der Waals surface area (Å²) in [6, 6.07) is 22.0. The van der Waals surface area contributed by atoms with Crippen molar-refractivity contribution in [2.75, 3.05) is 7.11 Å². The van der Waals surface area contributed by atoms with Crippen LogP contribution in [-0.4, -0.2) is 34.8 Å². The summed E-state index contributed by atoms with van der Waals surface area (Å²) in [5, 5.41) is 2.89. The van der Waals surface area contributed by atoms with Crippen LogP contribution in [0.3, 0.4) is 0 Å². The molecule has 1 heterocycles. The average Bonchev–Trinajstić information content (AvgIpc) is 2.82. The standard InChI is InChI=1S/C25H27N3O3/c1-19(25(30)27-17-22-10-6-7-15-26-22)28(18-21-11-13-23(31-2)14-12-21)24(29)16-20-8-4-3-5-9-20/h3-15,19H,16-18H2,1-2H3,(H,27,30)/t19-/m0/s1. The Morgan fingerprint density at radius 2 is 1.68 bits per heavy atom. The van der Waals surface area contributed by atoms with Crippen molar-refractivity contribution in [1.29, 1.82) is 0 Å². The smallest absolute Gasteiger partial charge is 0.242 e. The molecule has 1 aromatic heterocycles. The highest BCUT2D eigenvalue weighted by molar-refractivity contribution is 5.88. The van der Waals surface area contributed by atoms with Crippen LogP contribution in [0.1, 0.15) is 23.7 Å². The van der Waals surface area contributed by atoms with E-state index >= 15 is 0 Å². The van der Waals surface area contributed by atoms with Gasteiger partial charge in [-0.3, -0.25) is 14.6 Å².